The average Bonchev–Trinajstić information content (AvgIpc) is 2.00. The summed E-state index contributed by atoms with van der Waals surface area (Å²) in [6, 6.07) is 0.350. The van der Waals surface area contributed by atoms with Crippen molar-refractivity contribution in [2.24, 2.45) is 5.92 Å². The zero-order valence-corrected chi connectivity index (χ0v) is 8.69. The number of hydrogen-bond donors (Lipinski definition) is 1. The van der Waals surface area contributed by atoms with E-state index in [-0.39, 0.29) is 12.3 Å². The summed E-state index contributed by atoms with van der Waals surface area (Å²) in [4.78, 5) is 23.8. The molecule has 1 rings (SSSR count). The molecule has 0 saturated heterocycles. The molecule has 0 spiro atoms. The standard InChI is InChI=1S/C10H17NO3/c1-7(10(13)14)6-9(12)11(2)8-4-3-5-8/h7-8H,3-6H2,1-2H3,(H,13,14). The van der Waals surface area contributed by atoms with Gasteiger partial charge in [-0.3, -0.25) is 9.59 Å². The van der Waals surface area contributed by atoms with E-state index < -0.39 is 11.9 Å². The van der Waals surface area contributed by atoms with E-state index in [0.29, 0.717) is 6.04 Å². The molecule has 0 aromatic heterocycles. The number of aliphatic carboxylic acids is 1. The fourth-order valence-corrected chi connectivity index (χ4v) is 1.47. The lowest BCUT2D eigenvalue weighted by Gasteiger charge is -2.35. The first-order chi connectivity index (χ1) is 6.52. The lowest BCUT2D eigenvalue weighted by molar-refractivity contribution is -0.146. The van der Waals surface area contributed by atoms with E-state index in [1.54, 1.807) is 18.9 Å². The van der Waals surface area contributed by atoms with Crippen LogP contribution in [0.2, 0.25) is 0 Å². The zero-order chi connectivity index (χ0) is 10.7. The summed E-state index contributed by atoms with van der Waals surface area (Å²) in [7, 11) is 1.76. The Morgan fingerprint density at radius 1 is 1.50 bits per heavy atom. The van der Waals surface area contributed by atoms with Crippen LogP contribution in [0, 0.1) is 5.92 Å². The summed E-state index contributed by atoms with van der Waals surface area (Å²) < 4.78 is 0. The zero-order valence-electron chi connectivity index (χ0n) is 8.69. The molecule has 4 nitrogen and oxygen atoms in total. The molecule has 0 radical (unpaired) electrons. The molecule has 1 fully saturated rings. The number of carboxylic acids is 1. The van der Waals surface area contributed by atoms with Crippen molar-refractivity contribution >= 4 is 11.9 Å². The minimum absolute atomic E-state index is 0.0513. The molecule has 1 aliphatic carbocycles. The molecule has 1 atom stereocenters. The minimum Gasteiger partial charge on any atom is -0.481 e. The van der Waals surface area contributed by atoms with Gasteiger partial charge in [0.2, 0.25) is 5.91 Å². The predicted octanol–water partition coefficient (Wildman–Crippen LogP) is 1.11. The number of carboxylic acid groups (broad SMARTS) is 1. The number of carbonyl (C=O) groups excluding carboxylic acids is 1. The third-order valence-corrected chi connectivity index (χ3v) is 2.92. The average molecular weight is 199 g/mol. The molecule has 1 unspecified atom stereocenters. The van der Waals surface area contributed by atoms with Crippen molar-refractivity contribution in [3.05, 3.63) is 0 Å². The second kappa shape index (κ2) is 4.44. The van der Waals surface area contributed by atoms with Gasteiger partial charge in [0.05, 0.1) is 5.92 Å². The Bertz CT molecular complexity index is 236. The number of hydrogen-bond acceptors (Lipinski definition) is 2. The number of rotatable bonds is 4. The summed E-state index contributed by atoms with van der Waals surface area (Å²) in [6.07, 6.45) is 3.41. The third kappa shape index (κ3) is 2.47. The van der Waals surface area contributed by atoms with Gasteiger partial charge in [-0.15, -0.1) is 0 Å². The fraction of sp³-hybridized carbons (Fsp3) is 0.800. The Balaban J connectivity index is 2.36. The van der Waals surface area contributed by atoms with Gasteiger partial charge in [-0.1, -0.05) is 6.92 Å². The van der Waals surface area contributed by atoms with Crippen LogP contribution in [0.1, 0.15) is 32.6 Å². The topological polar surface area (TPSA) is 57.6 Å². The highest BCUT2D eigenvalue weighted by molar-refractivity contribution is 5.82. The van der Waals surface area contributed by atoms with E-state index in [1.165, 1.54) is 6.42 Å². The molecule has 0 aliphatic heterocycles. The van der Waals surface area contributed by atoms with Crippen LogP contribution in [-0.4, -0.2) is 35.0 Å². The van der Waals surface area contributed by atoms with Gasteiger partial charge in [0.15, 0.2) is 0 Å². The molecule has 1 amide bonds. The maximum absolute atomic E-state index is 11.6. The monoisotopic (exact) mass is 199 g/mol. The molecular formula is C10H17NO3. The van der Waals surface area contributed by atoms with Gasteiger partial charge in [-0.25, -0.2) is 0 Å². The van der Waals surface area contributed by atoms with Crippen molar-refractivity contribution in [2.75, 3.05) is 7.05 Å². The summed E-state index contributed by atoms with van der Waals surface area (Å²) >= 11 is 0. The smallest absolute Gasteiger partial charge is 0.306 e. The van der Waals surface area contributed by atoms with E-state index in [0.717, 1.165) is 12.8 Å². The van der Waals surface area contributed by atoms with Crippen LogP contribution in [0.5, 0.6) is 0 Å². The molecule has 0 aromatic rings. The van der Waals surface area contributed by atoms with Gasteiger partial charge < -0.3 is 10.0 Å². The van der Waals surface area contributed by atoms with Crippen LogP contribution in [0.15, 0.2) is 0 Å². The summed E-state index contributed by atoms with van der Waals surface area (Å²) in [6.45, 7) is 1.56. The SMILES string of the molecule is CC(CC(=O)N(C)C1CCC1)C(=O)O. The van der Waals surface area contributed by atoms with Gasteiger partial charge in [0.1, 0.15) is 0 Å². The first-order valence-corrected chi connectivity index (χ1v) is 5.01. The van der Waals surface area contributed by atoms with Gasteiger partial charge in [0.25, 0.3) is 0 Å². The van der Waals surface area contributed by atoms with E-state index in [9.17, 15) is 9.59 Å². The van der Waals surface area contributed by atoms with Crippen molar-refractivity contribution in [3.63, 3.8) is 0 Å². The molecule has 14 heavy (non-hydrogen) atoms. The number of nitrogens with zero attached hydrogens (tertiary/aromatic N) is 1. The van der Waals surface area contributed by atoms with E-state index in [1.807, 2.05) is 0 Å². The number of amides is 1. The Kier molecular flexibility index (Phi) is 3.49. The van der Waals surface area contributed by atoms with Gasteiger partial charge in [-0.05, 0) is 19.3 Å². The highest BCUT2D eigenvalue weighted by atomic mass is 16.4. The lowest BCUT2D eigenvalue weighted by Crippen LogP contribution is -2.42. The third-order valence-electron chi connectivity index (χ3n) is 2.92. The number of carbonyl (C=O) groups is 2. The van der Waals surface area contributed by atoms with Gasteiger partial charge >= 0.3 is 5.97 Å². The second-order valence-corrected chi connectivity index (χ2v) is 4.03. The molecule has 0 heterocycles. The first-order valence-electron chi connectivity index (χ1n) is 5.01. The molecule has 4 heteroatoms. The Morgan fingerprint density at radius 2 is 2.07 bits per heavy atom. The largest absolute Gasteiger partial charge is 0.481 e. The van der Waals surface area contributed by atoms with Crippen molar-refractivity contribution in [3.8, 4) is 0 Å². The highest BCUT2D eigenvalue weighted by Gasteiger charge is 2.27. The fourth-order valence-electron chi connectivity index (χ4n) is 1.47. The van der Waals surface area contributed by atoms with Crippen molar-refractivity contribution in [2.45, 2.75) is 38.6 Å². The normalized spacial score (nSPS) is 18.4. The van der Waals surface area contributed by atoms with E-state index in [2.05, 4.69) is 0 Å². The van der Waals surface area contributed by atoms with E-state index in [4.69, 9.17) is 5.11 Å². The molecule has 1 N–H and O–H groups in total. The van der Waals surface area contributed by atoms with E-state index >= 15 is 0 Å². The van der Waals surface area contributed by atoms with Crippen LogP contribution in [-0.2, 0) is 9.59 Å². The maximum Gasteiger partial charge on any atom is 0.306 e. The lowest BCUT2D eigenvalue weighted by atomic mass is 9.91. The first kappa shape index (κ1) is 11.0. The molecule has 0 aromatic carbocycles. The Hall–Kier alpha value is -1.06. The summed E-state index contributed by atoms with van der Waals surface area (Å²) in [5, 5.41) is 8.65. The van der Waals surface area contributed by atoms with Crippen molar-refractivity contribution < 1.29 is 14.7 Å². The van der Waals surface area contributed by atoms with Gasteiger partial charge in [-0.2, -0.15) is 0 Å². The minimum atomic E-state index is -0.902. The molecule has 0 bridgehead atoms. The van der Waals surface area contributed by atoms with Crippen LogP contribution in [0.4, 0.5) is 0 Å². The highest BCUT2D eigenvalue weighted by Crippen LogP contribution is 2.24. The van der Waals surface area contributed by atoms with Crippen LogP contribution >= 0.6 is 0 Å². The van der Waals surface area contributed by atoms with Crippen molar-refractivity contribution in [1.82, 2.24) is 4.90 Å². The Labute approximate surface area is 83.9 Å². The van der Waals surface area contributed by atoms with Crippen LogP contribution in [0.25, 0.3) is 0 Å². The summed E-state index contributed by atoms with van der Waals surface area (Å²) in [5.41, 5.74) is 0. The molecule has 1 saturated carbocycles. The maximum atomic E-state index is 11.6. The Morgan fingerprint density at radius 3 is 2.43 bits per heavy atom. The van der Waals surface area contributed by atoms with Crippen LogP contribution < -0.4 is 0 Å². The molecular weight excluding hydrogens is 182 g/mol. The molecule has 80 valence electrons. The second-order valence-electron chi connectivity index (χ2n) is 4.03. The summed E-state index contributed by atoms with van der Waals surface area (Å²) in [5.74, 6) is -1.53. The van der Waals surface area contributed by atoms with Gasteiger partial charge in [0, 0.05) is 19.5 Å². The predicted molar refractivity (Wildman–Crippen MR) is 51.8 cm³/mol. The quantitative estimate of drug-likeness (QED) is 0.737. The van der Waals surface area contributed by atoms with Crippen molar-refractivity contribution in [1.29, 1.82) is 0 Å². The van der Waals surface area contributed by atoms with Crippen LogP contribution in [0.3, 0.4) is 0 Å². The molecule has 1 aliphatic rings.